The van der Waals surface area contributed by atoms with Crippen LogP contribution in [0.15, 0.2) is 42.6 Å². The number of carbonyl (C=O) groups excluding carboxylic acids is 1. The van der Waals surface area contributed by atoms with Crippen LogP contribution in [0.25, 0.3) is 0 Å². The number of unbranched alkanes of at least 4 members (excludes halogenated alkanes) is 1. The molecule has 3 N–H and O–H groups in total. The molecule has 7 nitrogen and oxygen atoms in total. The number of aliphatic hydroxyl groups excluding tert-OH is 1. The maximum Gasteiger partial charge on any atom is 0.319 e. The van der Waals surface area contributed by atoms with Gasteiger partial charge in [-0.2, -0.15) is 0 Å². The number of ether oxygens (including phenoxy) is 1. The molecular formula is C22H29ClN4O3. The number of anilines is 1. The third-order valence-electron chi connectivity index (χ3n) is 5.16. The van der Waals surface area contributed by atoms with Crippen LogP contribution in [0.2, 0.25) is 5.02 Å². The summed E-state index contributed by atoms with van der Waals surface area (Å²) in [5.74, 6) is 0.538. The molecule has 1 aliphatic rings. The van der Waals surface area contributed by atoms with Crippen LogP contribution in [0.3, 0.4) is 0 Å². The SMILES string of the molecule is O=C(NCCCCN1CCCC1CO)Nc1ccc(OCc2ccccn2)c(Cl)c1. The fraction of sp³-hybridized carbons (Fsp3) is 0.455. The molecule has 0 aliphatic carbocycles. The Morgan fingerprint density at radius 1 is 1.30 bits per heavy atom. The number of benzene rings is 1. The van der Waals surface area contributed by atoms with Gasteiger partial charge in [-0.05, 0) is 69.1 Å². The van der Waals surface area contributed by atoms with E-state index in [2.05, 4.69) is 20.5 Å². The van der Waals surface area contributed by atoms with E-state index in [4.69, 9.17) is 16.3 Å². The fourth-order valence-electron chi connectivity index (χ4n) is 3.54. The number of urea groups is 1. The van der Waals surface area contributed by atoms with Crippen molar-refractivity contribution in [3.05, 3.63) is 53.3 Å². The predicted octanol–water partition coefficient (Wildman–Crippen LogP) is 3.67. The Balaban J connectivity index is 1.35. The molecule has 2 aromatic rings. The third-order valence-corrected chi connectivity index (χ3v) is 5.45. The quantitative estimate of drug-likeness (QED) is 0.498. The molecular weight excluding hydrogens is 404 g/mol. The van der Waals surface area contributed by atoms with Crippen LogP contribution in [-0.2, 0) is 6.61 Å². The first-order chi connectivity index (χ1) is 14.7. The molecule has 0 saturated carbocycles. The van der Waals surface area contributed by atoms with E-state index in [0.29, 0.717) is 35.7 Å². The van der Waals surface area contributed by atoms with Crippen molar-refractivity contribution in [1.29, 1.82) is 0 Å². The van der Waals surface area contributed by atoms with Crippen LogP contribution in [-0.4, -0.2) is 53.3 Å². The van der Waals surface area contributed by atoms with Crippen molar-refractivity contribution in [3.63, 3.8) is 0 Å². The van der Waals surface area contributed by atoms with E-state index < -0.39 is 0 Å². The van der Waals surface area contributed by atoms with Gasteiger partial charge in [-0.3, -0.25) is 9.88 Å². The molecule has 162 valence electrons. The number of carbonyl (C=O) groups is 1. The van der Waals surface area contributed by atoms with E-state index in [1.165, 1.54) is 0 Å². The van der Waals surface area contributed by atoms with E-state index in [1.807, 2.05) is 18.2 Å². The maximum absolute atomic E-state index is 12.1. The van der Waals surface area contributed by atoms with Gasteiger partial charge in [0.15, 0.2) is 0 Å². The summed E-state index contributed by atoms with van der Waals surface area (Å²) >= 11 is 6.27. The van der Waals surface area contributed by atoms with E-state index >= 15 is 0 Å². The van der Waals surface area contributed by atoms with Gasteiger partial charge in [-0.1, -0.05) is 17.7 Å². The summed E-state index contributed by atoms with van der Waals surface area (Å²) < 4.78 is 5.69. The number of aromatic nitrogens is 1. The summed E-state index contributed by atoms with van der Waals surface area (Å²) in [6.45, 7) is 3.18. The zero-order chi connectivity index (χ0) is 21.2. The van der Waals surface area contributed by atoms with Crippen molar-refractivity contribution < 1.29 is 14.6 Å². The van der Waals surface area contributed by atoms with Gasteiger partial charge in [0.05, 0.1) is 17.3 Å². The average Bonchev–Trinajstić information content (AvgIpc) is 3.21. The number of pyridine rings is 1. The monoisotopic (exact) mass is 432 g/mol. The first-order valence-corrected chi connectivity index (χ1v) is 10.8. The Labute approximate surface area is 182 Å². The molecule has 2 heterocycles. The Bertz CT molecular complexity index is 806. The molecule has 1 fully saturated rings. The van der Waals surface area contributed by atoms with Crippen molar-refractivity contribution in [1.82, 2.24) is 15.2 Å². The highest BCUT2D eigenvalue weighted by Crippen LogP contribution is 2.28. The molecule has 0 spiro atoms. The summed E-state index contributed by atoms with van der Waals surface area (Å²) in [6.07, 6.45) is 5.83. The normalized spacial score (nSPS) is 16.4. The predicted molar refractivity (Wildman–Crippen MR) is 118 cm³/mol. The minimum absolute atomic E-state index is 0.232. The first kappa shape index (κ1) is 22.3. The van der Waals surface area contributed by atoms with Gasteiger partial charge in [0.2, 0.25) is 0 Å². The number of nitrogens with zero attached hydrogens (tertiary/aromatic N) is 2. The molecule has 0 bridgehead atoms. The van der Waals surface area contributed by atoms with Gasteiger partial charge < -0.3 is 20.5 Å². The van der Waals surface area contributed by atoms with Crippen LogP contribution >= 0.6 is 11.6 Å². The van der Waals surface area contributed by atoms with E-state index in [1.54, 1.807) is 24.4 Å². The first-order valence-electron chi connectivity index (χ1n) is 10.4. The van der Waals surface area contributed by atoms with Crippen molar-refractivity contribution in [3.8, 4) is 5.75 Å². The molecule has 1 aliphatic heterocycles. The van der Waals surface area contributed by atoms with Crippen LogP contribution in [0.4, 0.5) is 10.5 Å². The number of hydrogen-bond donors (Lipinski definition) is 3. The fourth-order valence-corrected chi connectivity index (χ4v) is 3.78. The molecule has 1 atom stereocenters. The average molecular weight is 433 g/mol. The van der Waals surface area contributed by atoms with Crippen LogP contribution in [0.5, 0.6) is 5.75 Å². The lowest BCUT2D eigenvalue weighted by molar-refractivity contribution is 0.157. The standard InChI is InChI=1S/C22H29ClN4O3/c23-20-14-17(8-9-21(20)30-16-18-6-1-2-10-24-18)26-22(29)25-11-3-4-12-27-13-5-7-19(27)15-28/h1-2,6,8-10,14,19,28H,3-5,7,11-13,15-16H2,(H2,25,26,29). The van der Waals surface area contributed by atoms with Crippen LogP contribution in [0.1, 0.15) is 31.4 Å². The zero-order valence-electron chi connectivity index (χ0n) is 17.0. The summed E-state index contributed by atoms with van der Waals surface area (Å²) in [4.78, 5) is 18.6. The molecule has 2 amide bonds. The van der Waals surface area contributed by atoms with Crippen LogP contribution in [0, 0.1) is 0 Å². The third kappa shape index (κ3) is 6.86. The minimum atomic E-state index is -0.261. The zero-order valence-corrected chi connectivity index (χ0v) is 17.8. The van der Waals surface area contributed by atoms with Crippen molar-refractivity contribution >= 4 is 23.3 Å². The Morgan fingerprint density at radius 3 is 2.97 bits per heavy atom. The summed E-state index contributed by atoms with van der Waals surface area (Å²) in [5.41, 5.74) is 1.41. The summed E-state index contributed by atoms with van der Waals surface area (Å²) in [6, 6.07) is 10.8. The highest BCUT2D eigenvalue weighted by atomic mass is 35.5. The van der Waals surface area contributed by atoms with Crippen LogP contribution < -0.4 is 15.4 Å². The van der Waals surface area contributed by atoms with Gasteiger partial charge in [-0.25, -0.2) is 4.79 Å². The lowest BCUT2D eigenvalue weighted by Crippen LogP contribution is -2.34. The number of hydrogen-bond acceptors (Lipinski definition) is 5. The molecule has 1 aromatic heterocycles. The van der Waals surface area contributed by atoms with Gasteiger partial charge in [0.1, 0.15) is 12.4 Å². The molecule has 1 unspecified atom stereocenters. The lowest BCUT2D eigenvalue weighted by atomic mass is 10.2. The molecule has 30 heavy (non-hydrogen) atoms. The van der Waals surface area contributed by atoms with Gasteiger partial charge in [0.25, 0.3) is 0 Å². The maximum atomic E-state index is 12.1. The molecule has 3 rings (SSSR count). The van der Waals surface area contributed by atoms with Gasteiger partial charge in [-0.15, -0.1) is 0 Å². The number of rotatable bonds is 10. The number of likely N-dealkylation sites (tertiary alicyclic amines) is 1. The van der Waals surface area contributed by atoms with Crippen molar-refractivity contribution in [2.45, 2.75) is 38.3 Å². The molecule has 8 heteroatoms. The smallest absolute Gasteiger partial charge is 0.319 e. The Kier molecular flexibility index (Phi) is 8.74. The van der Waals surface area contributed by atoms with E-state index in [0.717, 1.165) is 44.5 Å². The number of amides is 2. The topological polar surface area (TPSA) is 86.7 Å². The second kappa shape index (κ2) is 11.7. The minimum Gasteiger partial charge on any atom is -0.486 e. The van der Waals surface area contributed by atoms with E-state index in [-0.39, 0.29) is 12.6 Å². The Hall–Kier alpha value is -2.35. The lowest BCUT2D eigenvalue weighted by Gasteiger charge is -2.22. The molecule has 1 aromatic carbocycles. The second-order valence-corrected chi connectivity index (χ2v) is 7.76. The highest BCUT2D eigenvalue weighted by Gasteiger charge is 2.22. The second-order valence-electron chi connectivity index (χ2n) is 7.36. The highest BCUT2D eigenvalue weighted by molar-refractivity contribution is 6.32. The largest absolute Gasteiger partial charge is 0.486 e. The van der Waals surface area contributed by atoms with E-state index in [9.17, 15) is 9.90 Å². The summed E-state index contributed by atoms with van der Waals surface area (Å²) in [7, 11) is 0. The summed E-state index contributed by atoms with van der Waals surface area (Å²) in [5, 5.41) is 15.4. The molecule has 1 saturated heterocycles. The van der Waals surface area contributed by atoms with Gasteiger partial charge >= 0.3 is 6.03 Å². The van der Waals surface area contributed by atoms with Gasteiger partial charge in [0, 0.05) is 24.5 Å². The molecule has 0 radical (unpaired) electrons. The van der Waals surface area contributed by atoms with Crippen molar-refractivity contribution in [2.75, 3.05) is 31.6 Å². The van der Waals surface area contributed by atoms with Crippen molar-refractivity contribution in [2.24, 2.45) is 0 Å². The Morgan fingerprint density at radius 2 is 2.20 bits per heavy atom. The number of nitrogens with one attached hydrogen (secondary N) is 2. The number of halogens is 1. The number of aliphatic hydroxyl groups is 1.